The zero-order chi connectivity index (χ0) is 18.4. The molecule has 6 heteroatoms. The van der Waals surface area contributed by atoms with Gasteiger partial charge in [0.2, 0.25) is 5.75 Å². The summed E-state index contributed by atoms with van der Waals surface area (Å²) in [6, 6.07) is 10.7. The van der Waals surface area contributed by atoms with Crippen LogP contribution in [0.25, 0.3) is 0 Å². The maximum absolute atomic E-state index is 12.7. The molecule has 0 bridgehead atoms. The van der Waals surface area contributed by atoms with E-state index in [1.54, 1.807) is 70.7 Å². The van der Waals surface area contributed by atoms with Crippen LogP contribution >= 0.6 is 0 Å². The Morgan fingerprint density at radius 3 is 2.24 bits per heavy atom. The van der Waals surface area contributed by atoms with Gasteiger partial charge in [-0.2, -0.15) is 0 Å². The molecule has 0 aliphatic heterocycles. The Morgan fingerprint density at radius 1 is 0.920 bits per heavy atom. The first-order valence-corrected chi connectivity index (χ1v) is 7.73. The van der Waals surface area contributed by atoms with Crippen molar-refractivity contribution in [1.29, 1.82) is 0 Å². The van der Waals surface area contributed by atoms with Crippen LogP contribution in [0.3, 0.4) is 0 Å². The molecule has 134 valence electrons. The van der Waals surface area contributed by atoms with E-state index in [4.69, 9.17) is 18.9 Å². The van der Waals surface area contributed by atoms with Crippen LogP contribution in [0.1, 0.15) is 15.9 Å². The van der Waals surface area contributed by atoms with E-state index in [0.717, 1.165) is 5.56 Å². The van der Waals surface area contributed by atoms with Crippen molar-refractivity contribution < 1.29 is 23.7 Å². The predicted octanol–water partition coefficient (Wildman–Crippen LogP) is 2.99. The molecular weight excluding hydrogens is 322 g/mol. The minimum absolute atomic E-state index is 0.115. The van der Waals surface area contributed by atoms with Gasteiger partial charge >= 0.3 is 0 Å². The normalized spacial score (nSPS) is 10.1. The lowest BCUT2D eigenvalue weighted by Crippen LogP contribution is -2.26. The van der Waals surface area contributed by atoms with E-state index < -0.39 is 0 Å². The number of benzene rings is 2. The Bertz CT molecular complexity index is 745. The summed E-state index contributed by atoms with van der Waals surface area (Å²) in [4.78, 5) is 14.3. The fourth-order valence-corrected chi connectivity index (χ4v) is 2.59. The molecular formula is C19H23NO5. The lowest BCUT2D eigenvalue weighted by atomic mass is 10.1. The van der Waals surface area contributed by atoms with Crippen molar-refractivity contribution in [1.82, 2.24) is 4.90 Å². The minimum Gasteiger partial charge on any atom is -0.497 e. The van der Waals surface area contributed by atoms with Crippen LogP contribution in [0.15, 0.2) is 36.4 Å². The van der Waals surface area contributed by atoms with Gasteiger partial charge in [-0.05, 0) is 30.3 Å². The molecule has 0 saturated heterocycles. The fraction of sp³-hybridized carbons (Fsp3) is 0.316. The largest absolute Gasteiger partial charge is 0.497 e. The number of methoxy groups -OCH3 is 4. The predicted molar refractivity (Wildman–Crippen MR) is 94.9 cm³/mol. The average Bonchev–Trinajstić information content (AvgIpc) is 2.66. The minimum atomic E-state index is -0.115. The Labute approximate surface area is 147 Å². The fourth-order valence-electron chi connectivity index (χ4n) is 2.59. The SMILES string of the molecule is COc1cccc(C(=O)N(C)Cc2ccc(OC)c(OC)c2OC)c1. The maximum Gasteiger partial charge on any atom is 0.254 e. The van der Waals surface area contributed by atoms with Gasteiger partial charge in [0.25, 0.3) is 5.91 Å². The van der Waals surface area contributed by atoms with E-state index in [2.05, 4.69) is 0 Å². The van der Waals surface area contributed by atoms with Crippen molar-refractivity contribution in [3.05, 3.63) is 47.5 Å². The van der Waals surface area contributed by atoms with Crippen LogP contribution in [-0.2, 0) is 6.54 Å². The molecule has 1 amide bonds. The Morgan fingerprint density at radius 2 is 1.64 bits per heavy atom. The number of carbonyl (C=O) groups excluding carboxylic acids is 1. The molecule has 0 N–H and O–H groups in total. The molecule has 2 rings (SSSR count). The lowest BCUT2D eigenvalue weighted by Gasteiger charge is -2.21. The molecule has 0 spiro atoms. The van der Waals surface area contributed by atoms with Crippen molar-refractivity contribution in [3.8, 4) is 23.0 Å². The van der Waals surface area contributed by atoms with Crippen LogP contribution in [0.4, 0.5) is 0 Å². The molecule has 2 aromatic rings. The Hall–Kier alpha value is -2.89. The molecule has 0 unspecified atom stereocenters. The standard InChI is InChI=1S/C19H23NO5/c1-20(19(21)13-7-6-8-15(11-13)22-2)12-14-9-10-16(23-3)18(25-5)17(14)24-4/h6-11H,12H2,1-5H3. The smallest absolute Gasteiger partial charge is 0.254 e. The first kappa shape index (κ1) is 18.4. The highest BCUT2D eigenvalue weighted by atomic mass is 16.5. The van der Waals surface area contributed by atoms with Gasteiger partial charge in [-0.3, -0.25) is 4.79 Å². The summed E-state index contributed by atoms with van der Waals surface area (Å²) in [6.45, 7) is 0.361. The highest BCUT2D eigenvalue weighted by Crippen LogP contribution is 2.40. The highest BCUT2D eigenvalue weighted by Gasteiger charge is 2.19. The van der Waals surface area contributed by atoms with Crippen LogP contribution in [-0.4, -0.2) is 46.3 Å². The number of hydrogen-bond donors (Lipinski definition) is 0. The van der Waals surface area contributed by atoms with Gasteiger partial charge in [0.15, 0.2) is 11.5 Å². The van der Waals surface area contributed by atoms with E-state index in [0.29, 0.717) is 35.1 Å². The molecule has 0 fully saturated rings. The van der Waals surface area contributed by atoms with Gasteiger partial charge in [-0.25, -0.2) is 0 Å². The molecule has 0 aromatic heterocycles. The van der Waals surface area contributed by atoms with Gasteiger partial charge in [-0.15, -0.1) is 0 Å². The summed E-state index contributed by atoms with van der Waals surface area (Å²) in [6.07, 6.45) is 0. The number of nitrogens with zero attached hydrogens (tertiary/aromatic N) is 1. The summed E-state index contributed by atoms with van der Waals surface area (Å²) >= 11 is 0. The molecule has 0 atom stereocenters. The van der Waals surface area contributed by atoms with Gasteiger partial charge in [0.05, 0.1) is 28.4 Å². The highest BCUT2D eigenvalue weighted by molar-refractivity contribution is 5.94. The second-order valence-corrected chi connectivity index (χ2v) is 5.39. The Balaban J connectivity index is 2.27. The van der Waals surface area contributed by atoms with E-state index in [-0.39, 0.29) is 5.91 Å². The molecule has 0 heterocycles. The van der Waals surface area contributed by atoms with Crippen molar-refractivity contribution in [2.75, 3.05) is 35.5 Å². The number of hydrogen-bond acceptors (Lipinski definition) is 5. The summed E-state index contributed by atoms with van der Waals surface area (Å²) in [5.41, 5.74) is 1.38. The maximum atomic E-state index is 12.7. The molecule has 0 aliphatic carbocycles. The molecule has 0 aliphatic rings. The van der Waals surface area contributed by atoms with Gasteiger partial charge in [0.1, 0.15) is 5.75 Å². The van der Waals surface area contributed by atoms with Gasteiger partial charge in [-0.1, -0.05) is 6.07 Å². The number of rotatable bonds is 7. The van der Waals surface area contributed by atoms with Crippen molar-refractivity contribution in [2.24, 2.45) is 0 Å². The number of amides is 1. The summed E-state index contributed by atoms with van der Waals surface area (Å²) < 4.78 is 21.3. The average molecular weight is 345 g/mol. The molecule has 0 saturated carbocycles. The van der Waals surface area contributed by atoms with E-state index in [1.807, 2.05) is 6.07 Å². The number of carbonyl (C=O) groups is 1. The third-order valence-corrected chi connectivity index (χ3v) is 3.86. The van der Waals surface area contributed by atoms with Crippen molar-refractivity contribution in [3.63, 3.8) is 0 Å². The molecule has 0 radical (unpaired) electrons. The summed E-state index contributed by atoms with van der Waals surface area (Å²) in [5.74, 6) is 2.15. The molecule has 25 heavy (non-hydrogen) atoms. The Kier molecular flexibility index (Phi) is 6.11. The van der Waals surface area contributed by atoms with Crippen molar-refractivity contribution in [2.45, 2.75) is 6.54 Å². The topological polar surface area (TPSA) is 57.2 Å². The second kappa shape index (κ2) is 8.28. The van der Waals surface area contributed by atoms with Crippen LogP contribution in [0, 0.1) is 0 Å². The monoisotopic (exact) mass is 345 g/mol. The zero-order valence-corrected chi connectivity index (χ0v) is 15.2. The van der Waals surface area contributed by atoms with Gasteiger partial charge in [0, 0.05) is 24.7 Å². The summed E-state index contributed by atoms with van der Waals surface area (Å²) in [7, 11) is 7.98. The summed E-state index contributed by atoms with van der Waals surface area (Å²) in [5, 5.41) is 0. The van der Waals surface area contributed by atoms with Gasteiger partial charge < -0.3 is 23.8 Å². The van der Waals surface area contributed by atoms with Crippen LogP contribution in [0.2, 0.25) is 0 Å². The lowest BCUT2D eigenvalue weighted by molar-refractivity contribution is 0.0783. The van der Waals surface area contributed by atoms with Crippen molar-refractivity contribution >= 4 is 5.91 Å². The van der Waals surface area contributed by atoms with E-state index in [1.165, 1.54) is 0 Å². The zero-order valence-electron chi connectivity index (χ0n) is 15.2. The van der Waals surface area contributed by atoms with Crippen LogP contribution < -0.4 is 18.9 Å². The number of ether oxygens (including phenoxy) is 4. The van der Waals surface area contributed by atoms with Crippen LogP contribution in [0.5, 0.6) is 23.0 Å². The second-order valence-electron chi connectivity index (χ2n) is 5.39. The third kappa shape index (κ3) is 3.96. The molecule has 6 nitrogen and oxygen atoms in total. The van der Waals surface area contributed by atoms with E-state index in [9.17, 15) is 4.79 Å². The van der Waals surface area contributed by atoms with E-state index >= 15 is 0 Å². The first-order valence-electron chi connectivity index (χ1n) is 7.73. The molecule has 2 aromatic carbocycles. The first-order chi connectivity index (χ1) is 12.0. The quantitative estimate of drug-likeness (QED) is 0.772. The third-order valence-electron chi connectivity index (χ3n) is 3.86.